The first-order valence-electron chi connectivity index (χ1n) is 37.0. The predicted molar refractivity (Wildman–Crippen MR) is 452 cm³/mol. The minimum atomic E-state index is -3.28. The van der Waals surface area contributed by atoms with Crippen molar-refractivity contribution in [3.05, 3.63) is 412 Å². The molecule has 0 saturated heterocycles. The lowest BCUT2D eigenvalue weighted by molar-refractivity contribution is 0.406. The van der Waals surface area contributed by atoms with Gasteiger partial charge in [0.25, 0.3) is 6.71 Å². The summed E-state index contributed by atoms with van der Waals surface area (Å²) < 4.78 is 2.46. The van der Waals surface area contributed by atoms with Gasteiger partial charge in [-0.3, -0.25) is 15.1 Å². The van der Waals surface area contributed by atoms with Crippen molar-refractivity contribution in [2.75, 3.05) is 9.80 Å². The van der Waals surface area contributed by atoms with Crippen molar-refractivity contribution in [1.82, 2.24) is 30.2 Å². The lowest BCUT2D eigenvalue weighted by Gasteiger charge is -2.46. The number of nitrogens with zero attached hydrogens (tertiary/aromatic N) is 7. The fourth-order valence-electron chi connectivity index (χ4n) is 17.5. The summed E-state index contributed by atoms with van der Waals surface area (Å²) in [7, 11) is -6.56. The van der Waals surface area contributed by atoms with E-state index in [1.807, 2.05) is 12.1 Å². The number of para-hydroxylation sites is 2. The van der Waals surface area contributed by atoms with Crippen LogP contribution in [-0.4, -0.2) is 48.3 Å². The number of hydrogen-bond acceptors (Lipinski definition) is 8. The lowest BCUT2D eigenvalue weighted by atomic mass is 9.33. The molecule has 15 aromatic carbocycles. The van der Waals surface area contributed by atoms with Crippen LogP contribution in [0.1, 0.15) is 23.5 Å². The van der Waals surface area contributed by atoms with Gasteiger partial charge in [-0.1, -0.05) is 364 Å². The van der Waals surface area contributed by atoms with Crippen molar-refractivity contribution in [2.24, 2.45) is 4.99 Å². The summed E-state index contributed by atoms with van der Waals surface area (Å²) in [4.78, 5) is 27.8. The maximum absolute atomic E-state index is 5.99. The largest absolute Gasteiger partial charge is 0.336 e. The molecule has 510 valence electrons. The molecule has 0 fully saturated rings. The molecule has 12 heteroatoms. The normalized spacial score (nSPS) is 14.5. The van der Waals surface area contributed by atoms with Crippen LogP contribution in [0.5, 0.6) is 0 Å². The van der Waals surface area contributed by atoms with E-state index in [4.69, 9.17) is 19.9 Å². The van der Waals surface area contributed by atoms with Crippen LogP contribution in [0.2, 0.25) is 0 Å². The van der Waals surface area contributed by atoms with Gasteiger partial charge in [0.15, 0.2) is 27.8 Å². The van der Waals surface area contributed by atoms with Gasteiger partial charge in [-0.15, -0.1) is 0 Å². The van der Waals surface area contributed by atoms with Crippen LogP contribution in [0.25, 0.3) is 50.3 Å². The fraction of sp³-hybridized carbons (Fsp3) is 0.0208. The first kappa shape index (κ1) is 64.3. The molecule has 9 nitrogen and oxygen atoms in total. The van der Waals surface area contributed by atoms with Crippen molar-refractivity contribution in [3.63, 3.8) is 0 Å². The summed E-state index contributed by atoms with van der Waals surface area (Å²) in [6.45, 7) is -0.441. The van der Waals surface area contributed by atoms with Gasteiger partial charge in [-0.2, -0.15) is 9.97 Å². The first-order valence-corrected chi connectivity index (χ1v) is 41.0. The number of aromatic nitrogens is 4. The van der Waals surface area contributed by atoms with Crippen LogP contribution in [0.15, 0.2) is 405 Å². The van der Waals surface area contributed by atoms with Crippen LogP contribution in [-0.2, 0) is 0 Å². The van der Waals surface area contributed by atoms with E-state index in [0.717, 1.165) is 88.9 Å². The van der Waals surface area contributed by atoms with Crippen LogP contribution in [0.4, 0.5) is 28.7 Å². The quantitative estimate of drug-likeness (QED) is 0.0829. The Morgan fingerprint density at radius 3 is 1.07 bits per heavy atom. The summed E-state index contributed by atoms with van der Waals surface area (Å²) in [5, 5.41) is 20.6. The van der Waals surface area contributed by atoms with Gasteiger partial charge in [0.05, 0.1) is 16.7 Å². The van der Waals surface area contributed by atoms with Crippen molar-refractivity contribution in [1.29, 1.82) is 0 Å². The monoisotopic (exact) mass is 1420 g/mol. The standard InChI is InChI=1S/C96H70BN9Si2/c1-11-35-67(36-12-1)91-98-92(68-37-13-2-14-38-68)101-95(100-91)105-86-61-59-78(107(72-43-19-5-20-44-72,73-45-21-6-22-46-73)74-47-23-7-24-48-74)65-82(86)97-83-66-79(108(75-49-25-8-26-50-75,76-51-27-9-28-52-76)77-53-29-10-30-54-77)60-62-87(83)106(96-102-93(69-39-15-3-16-40-69)99-94(103-96)70-41-17-4-18-42-70)89-64-71(63-88(105)90(89)97)104-84-57-33-31-55-80(84)81-56-32-34-58-85(81)104/h1-66,91-92,98H,(H,100,101). The zero-order valence-corrected chi connectivity index (χ0v) is 61.0. The second-order valence-corrected chi connectivity index (χ2v) is 35.7. The Hall–Kier alpha value is -13.4. The molecule has 0 radical (unpaired) electrons. The van der Waals surface area contributed by atoms with Crippen molar-refractivity contribution in [3.8, 4) is 28.5 Å². The number of anilines is 5. The third-order valence-electron chi connectivity index (χ3n) is 22.2. The fourth-order valence-corrected chi connectivity index (χ4v) is 27.1. The molecule has 2 atom stereocenters. The topological polar surface area (TPSA) is 86.5 Å². The minimum Gasteiger partial charge on any atom is -0.336 e. The van der Waals surface area contributed by atoms with Crippen LogP contribution in [0.3, 0.4) is 0 Å². The van der Waals surface area contributed by atoms with Crippen molar-refractivity contribution >= 4 is 137 Å². The Bertz CT molecular complexity index is 5900. The van der Waals surface area contributed by atoms with E-state index in [2.05, 4.69) is 413 Å². The van der Waals surface area contributed by atoms with E-state index in [1.54, 1.807) is 0 Å². The molecule has 20 rings (SSSR count). The second-order valence-electron chi connectivity index (χ2n) is 28.0. The molecule has 0 saturated carbocycles. The molecular weight excluding hydrogens is 1350 g/mol. The number of benzene rings is 15. The Morgan fingerprint density at radius 2 is 0.657 bits per heavy atom. The van der Waals surface area contributed by atoms with Crippen LogP contribution < -0.4 is 78.3 Å². The van der Waals surface area contributed by atoms with Crippen molar-refractivity contribution in [2.45, 2.75) is 12.3 Å². The molecule has 0 spiro atoms. The summed E-state index contributed by atoms with van der Waals surface area (Å²) in [5.41, 5.74) is 14.2. The van der Waals surface area contributed by atoms with Gasteiger partial charge < -0.3 is 9.88 Å². The number of hydrogen-bond donors (Lipinski definition) is 2. The molecule has 2 unspecified atom stereocenters. The number of nitrogens with one attached hydrogen (secondary N) is 2. The van der Waals surface area contributed by atoms with Crippen molar-refractivity contribution < 1.29 is 0 Å². The van der Waals surface area contributed by atoms with E-state index < -0.39 is 29.0 Å². The smallest absolute Gasteiger partial charge is 0.252 e. The van der Waals surface area contributed by atoms with Gasteiger partial charge in [0.1, 0.15) is 12.3 Å². The average molecular weight is 1420 g/mol. The second kappa shape index (κ2) is 27.0. The van der Waals surface area contributed by atoms with Crippen LogP contribution >= 0.6 is 0 Å². The first-order chi connectivity index (χ1) is 53.6. The molecular formula is C96H70BN9Si2. The van der Waals surface area contributed by atoms with Gasteiger partial charge in [-0.25, -0.2) is 9.98 Å². The number of guanidine groups is 1. The molecule has 0 amide bonds. The zero-order valence-electron chi connectivity index (χ0n) is 59.0. The SMILES string of the molecule is c1ccc(-c2nc(-c3ccccc3)nc(N3c4ccc([Si](c5ccccc5)(c5ccccc5)c5ccccc5)cc4B4c5cc([Si](c6ccccc6)(c6ccccc6)c6ccccc6)ccc5N(C5=NC(c6ccccc6)NC(c6ccccc6)N5)c5cc(-n6c7ccccc7c7ccccc76)cc3c54)n2)cc1. The third-order valence-corrected chi connectivity index (χ3v) is 31.7. The maximum Gasteiger partial charge on any atom is 0.252 e. The van der Waals surface area contributed by atoms with Gasteiger partial charge >= 0.3 is 0 Å². The molecule has 108 heavy (non-hydrogen) atoms. The van der Waals surface area contributed by atoms with E-state index in [1.165, 1.54) is 41.5 Å². The highest BCUT2D eigenvalue weighted by molar-refractivity contribution is 7.21. The summed E-state index contributed by atoms with van der Waals surface area (Å²) in [5.74, 6) is 2.29. The molecule has 17 aromatic rings. The maximum atomic E-state index is 5.99. The molecule has 0 aliphatic carbocycles. The highest BCUT2D eigenvalue weighted by Gasteiger charge is 2.50. The van der Waals surface area contributed by atoms with Gasteiger partial charge in [-0.05, 0) is 105 Å². The van der Waals surface area contributed by atoms with Crippen LogP contribution in [0, 0.1) is 0 Å². The summed E-state index contributed by atoms with van der Waals surface area (Å²) in [6.07, 6.45) is -0.844. The molecule has 3 aliphatic rings. The Morgan fingerprint density at radius 1 is 0.306 bits per heavy atom. The lowest BCUT2D eigenvalue weighted by Crippen LogP contribution is -2.76. The number of rotatable bonds is 14. The number of fused-ring (bicyclic) bond motifs is 7. The predicted octanol–water partition coefficient (Wildman–Crippen LogP) is 13.8. The van der Waals surface area contributed by atoms with E-state index in [9.17, 15) is 0 Å². The zero-order chi connectivity index (χ0) is 71.5. The minimum absolute atomic E-state index is 0.375. The average Bonchev–Trinajstić information content (AvgIpc) is 0.780. The Kier molecular flexibility index (Phi) is 16.0. The molecule has 5 heterocycles. The van der Waals surface area contributed by atoms with E-state index in [0.29, 0.717) is 23.6 Å². The Labute approximate surface area is 630 Å². The Balaban J connectivity index is 0.972. The molecule has 2 aromatic heterocycles. The molecule has 0 bridgehead atoms. The van der Waals surface area contributed by atoms with Gasteiger partial charge in [0.2, 0.25) is 11.9 Å². The highest BCUT2D eigenvalue weighted by Crippen LogP contribution is 2.45. The highest BCUT2D eigenvalue weighted by atomic mass is 28.3. The van der Waals surface area contributed by atoms with E-state index in [-0.39, 0.29) is 6.17 Å². The molecule has 3 aliphatic heterocycles. The summed E-state index contributed by atoms with van der Waals surface area (Å²) in [6, 6.07) is 148. The molecule has 2 N–H and O–H groups in total. The van der Waals surface area contributed by atoms with E-state index >= 15 is 0 Å². The third kappa shape index (κ3) is 10.6. The number of aliphatic imine (C=N–C) groups is 1. The van der Waals surface area contributed by atoms with Gasteiger partial charge in [0, 0.05) is 44.6 Å². The summed E-state index contributed by atoms with van der Waals surface area (Å²) >= 11 is 0.